The Hall–Kier alpha value is -1.41. The highest BCUT2D eigenvalue weighted by atomic mass is 15.3. The number of hydrogen-bond acceptors (Lipinski definition) is 4. The van der Waals surface area contributed by atoms with Crippen LogP contribution in [0.5, 0.6) is 0 Å². The van der Waals surface area contributed by atoms with Crippen molar-refractivity contribution in [1.82, 2.24) is 15.1 Å². The zero-order chi connectivity index (χ0) is 13.9. The fraction of sp³-hybridized carbons (Fsp3) is 0.562. The molecule has 0 bridgehead atoms. The van der Waals surface area contributed by atoms with Gasteiger partial charge in [-0.25, -0.2) is 0 Å². The van der Waals surface area contributed by atoms with Crippen LogP contribution in [0.1, 0.15) is 24.1 Å². The summed E-state index contributed by atoms with van der Waals surface area (Å²) < 4.78 is 0. The first kappa shape index (κ1) is 13.6. The minimum absolute atomic E-state index is 0.435. The molecule has 1 unspecified atom stereocenters. The van der Waals surface area contributed by atoms with Gasteiger partial charge in [0, 0.05) is 51.4 Å². The number of rotatable bonds is 3. The van der Waals surface area contributed by atoms with Crippen molar-refractivity contribution in [2.24, 2.45) is 0 Å². The second-order valence-corrected chi connectivity index (χ2v) is 5.79. The van der Waals surface area contributed by atoms with E-state index in [1.54, 1.807) is 0 Å². The molecule has 0 spiro atoms. The van der Waals surface area contributed by atoms with Crippen molar-refractivity contribution >= 4 is 0 Å². The molecule has 0 radical (unpaired) electrons. The molecule has 3 rings (SSSR count). The van der Waals surface area contributed by atoms with Crippen LogP contribution in [-0.2, 0) is 0 Å². The van der Waals surface area contributed by atoms with Crippen LogP contribution in [-0.4, -0.2) is 55.1 Å². The van der Waals surface area contributed by atoms with Crippen LogP contribution in [0, 0.1) is 11.3 Å². The molecule has 0 amide bonds. The molecule has 2 fully saturated rings. The molecule has 0 aromatic heterocycles. The Labute approximate surface area is 121 Å². The Balaban J connectivity index is 1.57. The van der Waals surface area contributed by atoms with E-state index in [9.17, 15) is 0 Å². The average molecular weight is 270 g/mol. The van der Waals surface area contributed by atoms with Gasteiger partial charge < -0.3 is 5.32 Å². The van der Waals surface area contributed by atoms with Gasteiger partial charge in [0.1, 0.15) is 0 Å². The van der Waals surface area contributed by atoms with Gasteiger partial charge in [-0.2, -0.15) is 5.26 Å². The molecule has 106 valence electrons. The molecular weight excluding hydrogens is 248 g/mol. The van der Waals surface area contributed by atoms with E-state index in [0.717, 1.165) is 37.8 Å². The molecule has 2 heterocycles. The minimum atomic E-state index is 0.435. The Bertz CT molecular complexity index is 478. The van der Waals surface area contributed by atoms with Gasteiger partial charge in [0.2, 0.25) is 0 Å². The van der Waals surface area contributed by atoms with Gasteiger partial charge in [-0.05, 0) is 24.6 Å². The van der Waals surface area contributed by atoms with Crippen LogP contribution < -0.4 is 5.32 Å². The molecule has 1 atom stereocenters. The third-order valence-corrected chi connectivity index (χ3v) is 4.70. The molecule has 0 aliphatic carbocycles. The summed E-state index contributed by atoms with van der Waals surface area (Å²) in [5, 5.41) is 12.2. The number of hydrogen-bond donors (Lipinski definition) is 1. The van der Waals surface area contributed by atoms with E-state index in [2.05, 4.69) is 40.2 Å². The summed E-state index contributed by atoms with van der Waals surface area (Å²) in [5.41, 5.74) is 2.05. The summed E-state index contributed by atoms with van der Waals surface area (Å²) in [6.45, 7) is 9.20. The second-order valence-electron chi connectivity index (χ2n) is 5.79. The third kappa shape index (κ3) is 2.71. The molecule has 1 N–H and O–H groups in total. The predicted molar refractivity (Wildman–Crippen MR) is 79.4 cm³/mol. The highest BCUT2D eigenvalue weighted by molar-refractivity contribution is 5.32. The Kier molecular flexibility index (Phi) is 4.02. The highest BCUT2D eigenvalue weighted by Gasteiger charge is 2.29. The van der Waals surface area contributed by atoms with E-state index in [0.29, 0.717) is 6.04 Å². The lowest BCUT2D eigenvalue weighted by Crippen LogP contribution is -2.61. The van der Waals surface area contributed by atoms with Crippen molar-refractivity contribution in [3.05, 3.63) is 35.4 Å². The van der Waals surface area contributed by atoms with Crippen LogP contribution in [0.15, 0.2) is 24.3 Å². The number of piperazine rings is 1. The number of nitrogens with one attached hydrogen (secondary N) is 1. The van der Waals surface area contributed by atoms with Crippen LogP contribution in [0.3, 0.4) is 0 Å². The average Bonchev–Trinajstić information content (AvgIpc) is 2.46. The number of nitrogens with zero attached hydrogens (tertiary/aromatic N) is 3. The van der Waals surface area contributed by atoms with Gasteiger partial charge in [-0.3, -0.25) is 9.80 Å². The van der Waals surface area contributed by atoms with Gasteiger partial charge in [0.25, 0.3) is 0 Å². The normalized spacial score (nSPS) is 23.0. The monoisotopic (exact) mass is 270 g/mol. The van der Waals surface area contributed by atoms with Crippen molar-refractivity contribution in [2.75, 3.05) is 39.3 Å². The fourth-order valence-electron chi connectivity index (χ4n) is 3.07. The van der Waals surface area contributed by atoms with Gasteiger partial charge in [-0.15, -0.1) is 0 Å². The summed E-state index contributed by atoms with van der Waals surface area (Å²) in [4.78, 5) is 5.16. The molecule has 4 heteroatoms. The van der Waals surface area contributed by atoms with Crippen LogP contribution >= 0.6 is 0 Å². The largest absolute Gasteiger partial charge is 0.314 e. The minimum Gasteiger partial charge on any atom is -0.314 e. The summed E-state index contributed by atoms with van der Waals surface area (Å²) in [6, 6.07) is 11.4. The van der Waals surface area contributed by atoms with Crippen molar-refractivity contribution in [2.45, 2.75) is 19.0 Å². The lowest BCUT2D eigenvalue weighted by molar-refractivity contribution is 0.0552. The molecule has 2 aliphatic rings. The van der Waals surface area contributed by atoms with Gasteiger partial charge in [0.05, 0.1) is 11.6 Å². The molecule has 1 aromatic rings. The first-order chi connectivity index (χ1) is 9.78. The third-order valence-electron chi connectivity index (χ3n) is 4.70. The maximum Gasteiger partial charge on any atom is 0.0991 e. The number of benzene rings is 1. The first-order valence-corrected chi connectivity index (χ1v) is 7.47. The topological polar surface area (TPSA) is 42.3 Å². The molecule has 2 saturated heterocycles. The zero-order valence-electron chi connectivity index (χ0n) is 12.0. The van der Waals surface area contributed by atoms with E-state index in [1.165, 1.54) is 18.7 Å². The van der Waals surface area contributed by atoms with Crippen LogP contribution in [0.25, 0.3) is 0 Å². The maximum atomic E-state index is 8.85. The molecular formula is C16H22N4. The smallest absolute Gasteiger partial charge is 0.0991 e. The molecule has 1 aromatic carbocycles. The number of nitriles is 1. The van der Waals surface area contributed by atoms with E-state index in [-0.39, 0.29) is 0 Å². The van der Waals surface area contributed by atoms with Gasteiger partial charge in [-0.1, -0.05) is 12.1 Å². The van der Waals surface area contributed by atoms with E-state index in [1.807, 2.05) is 12.1 Å². The van der Waals surface area contributed by atoms with E-state index < -0.39 is 0 Å². The van der Waals surface area contributed by atoms with Gasteiger partial charge >= 0.3 is 0 Å². The SMILES string of the molecule is CC(c1ccc(C#N)cc1)N1CCN(C2CNC2)CC1. The highest BCUT2D eigenvalue weighted by Crippen LogP contribution is 2.22. The van der Waals surface area contributed by atoms with E-state index >= 15 is 0 Å². The summed E-state index contributed by atoms with van der Waals surface area (Å²) in [6.07, 6.45) is 0. The first-order valence-electron chi connectivity index (χ1n) is 7.47. The quantitative estimate of drug-likeness (QED) is 0.896. The molecule has 4 nitrogen and oxygen atoms in total. The lowest BCUT2D eigenvalue weighted by atomic mass is 10.0. The van der Waals surface area contributed by atoms with Crippen LogP contribution in [0.2, 0.25) is 0 Å². The predicted octanol–water partition coefficient (Wildman–Crippen LogP) is 1.21. The Morgan fingerprint density at radius 3 is 2.30 bits per heavy atom. The molecule has 2 aliphatic heterocycles. The van der Waals surface area contributed by atoms with E-state index in [4.69, 9.17) is 5.26 Å². The zero-order valence-corrected chi connectivity index (χ0v) is 12.0. The van der Waals surface area contributed by atoms with Crippen molar-refractivity contribution in [1.29, 1.82) is 5.26 Å². The Morgan fingerprint density at radius 1 is 1.15 bits per heavy atom. The lowest BCUT2D eigenvalue weighted by Gasteiger charge is -2.44. The molecule has 0 saturated carbocycles. The fourth-order valence-corrected chi connectivity index (χ4v) is 3.07. The summed E-state index contributed by atoms with van der Waals surface area (Å²) >= 11 is 0. The van der Waals surface area contributed by atoms with Crippen LogP contribution in [0.4, 0.5) is 0 Å². The van der Waals surface area contributed by atoms with Crippen molar-refractivity contribution in [3.8, 4) is 6.07 Å². The van der Waals surface area contributed by atoms with Crippen molar-refractivity contribution in [3.63, 3.8) is 0 Å². The maximum absolute atomic E-state index is 8.85. The summed E-state index contributed by atoms with van der Waals surface area (Å²) in [5.74, 6) is 0. The molecule has 20 heavy (non-hydrogen) atoms. The Morgan fingerprint density at radius 2 is 1.80 bits per heavy atom. The van der Waals surface area contributed by atoms with Crippen molar-refractivity contribution < 1.29 is 0 Å². The summed E-state index contributed by atoms with van der Waals surface area (Å²) in [7, 11) is 0. The van der Waals surface area contributed by atoms with Gasteiger partial charge in [0.15, 0.2) is 0 Å². The second kappa shape index (κ2) is 5.92. The standard InChI is InChI=1S/C16H22N4/c1-13(15-4-2-14(10-17)3-5-15)19-6-8-20(9-7-19)16-11-18-12-16/h2-5,13,16,18H,6-9,11-12H2,1H3.